The van der Waals surface area contributed by atoms with Crippen molar-refractivity contribution in [2.45, 2.75) is 13.0 Å². The number of nitrogens with zero attached hydrogens (tertiary/aromatic N) is 1. The summed E-state index contributed by atoms with van der Waals surface area (Å²) in [4.78, 5) is 2.04. The number of rotatable bonds is 6. The van der Waals surface area contributed by atoms with Crippen LogP contribution in [0.15, 0.2) is 28.7 Å². The lowest BCUT2D eigenvalue weighted by Crippen LogP contribution is -2.30. The van der Waals surface area contributed by atoms with Crippen molar-refractivity contribution in [3.05, 3.63) is 28.7 Å². The van der Waals surface area contributed by atoms with Crippen LogP contribution in [0.3, 0.4) is 0 Å². The first-order chi connectivity index (χ1) is 7.58. The molecular formula is C12H18BrNO2. The molecule has 0 bridgehead atoms. The van der Waals surface area contributed by atoms with Gasteiger partial charge < -0.3 is 14.7 Å². The molecule has 1 N–H and O–H groups in total. The molecule has 0 saturated carbocycles. The van der Waals surface area contributed by atoms with Gasteiger partial charge in [0.15, 0.2) is 0 Å². The molecule has 1 rings (SSSR count). The van der Waals surface area contributed by atoms with Crippen molar-refractivity contribution >= 4 is 15.9 Å². The highest BCUT2D eigenvalue weighted by Crippen LogP contribution is 2.17. The second-order valence-corrected chi connectivity index (χ2v) is 4.83. The summed E-state index contributed by atoms with van der Waals surface area (Å²) in [6.45, 7) is 3.88. The molecule has 90 valence electrons. The summed E-state index contributed by atoms with van der Waals surface area (Å²) >= 11 is 3.39. The Bertz CT molecular complexity index is 318. The summed E-state index contributed by atoms with van der Waals surface area (Å²) in [5.41, 5.74) is 0. The number of hydrogen-bond donors (Lipinski definition) is 1. The quantitative estimate of drug-likeness (QED) is 0.870. The van der Waals surface area contributed by atoms with E-state index in [1.54, 1.807) is 6.92 Å². The van der Waals surface area contributed by atoms with Crippen LogP contribution in [0.1, 0.15) is 6.92 Å². The average molecular weight is 288 g/mol. The molecule has 3 nitrogen and oxygen atoms in total. The maximum Gasteiger partial charge on any atom is 0.120 e. The second kappa shape index (κ2) is 6.89. The predicted octanol–water partition coefficient (Wildman–Crippen LogP) is 2.14. The molecule has 0 fully saturated rings. The summed E-state index contributed by atoms with van der Waals surface area (Å²) in [5, 5.41) is 9.19. The first kappa shape index (κ1) is 13.5. The summed E-state index contributed by atoms with van der Waals surface area (Å²) in [7, 11) is 1.97. The van der Waals surface area contributed by atoms with Gasteiger partial charge in [0.2, 0.25) is 0 Å². The number of ether oxygens (including phenoxy) is 1. The largest absolute Gasteiger partial charge is 0.492 e. The van der Waals surface area contributed by atoms with Gasteiger partial charge in [-0.1, -0.05) is 22.0 Å². The molecule has 0 aliphatic carbocycles. The Morgan fingerprint density at radius 2 is 2.25 bits per heavy atom. The number of hydrogen-bond acceptors (Lipinski definition) is 3. The third-order valence-corrected chi connectivity index (χ3v) is 2.61. The fourth-order valence-electron chi connectivity index (χ4n) is 1.42. The van der Waals surface area contributed by atoms with Crippen LogP contribution in [0, 0.1) is 0 Å². The van der Waals surface area contributed by atoms with Gasteiger partial charge in [-0.2, -0.15) is 0 Å². The van der Waals surface area contributed by atoms with Gasteiger partial charge in [-0.25, -0.2) is 0 Å². The van der Waals surface area contributed by atoms with Crippen LogP contribution in [0.2, 0.25) is 0 Å². The van der Waals surface area contributed by atoms with Gasteiger partial charge in [0.25, 0.3) is 0 Å². The number of aliphatic hydroxyl groups excluding tert-OH is 1. The van der Waals surface area contributed by atoms with E-state index < -0.39 is 0 Å². The van der Waals surface area contributed by atoms with E-state index in [1.807, 2.05) is 36.2 Å². The van der Waals surface area contributed by atoms with Crippen molar-refractivity contribution in [2.75, 3.05) is 26.7 Å². The second-order valence-electron chi connectivity index (χ2n) is 3.92. The van der Waals surface area contributed by atoms with E-state index in [1.165, 1.54) is 0 Å². The van der Waals surface area contributed by atoms with E-state index in [0.717, 1.165) is 16.8 Å². The molecule has 0 amide bonds. The zero-order valence-corrected chi connectivity index (χ0v) is 11.3. The van der Waals surface area contributed by atoms with Crippen LogP contribution in [-0.2, 0) is 0 Å². The molecule has 1 aromatic rings. The molecule has 0 spiro atoms. The van der Waals surface area contributed by atoms with Gasteiger partial charge in [0.1, 0.15) is 12.4 Å². The van der Waals surface area contributed by atoms with Crippen LogP contribution in [-0.4, -0.2) is 42.9 Å². The number of halogens is 1. The minimum absolute atomic E-state index is 0.295. The molecule has 0 aliphatic rings. The third kappa shape index (κ3) is 5.49. The monoisotopic (exact) mass is 287 g/mol. The molecule has 0 saturated heterocycles. The fraction of sp³-hybridized carbons (Fsp3) is 0.500. The van der Waals surface area contributed by atoms with Gasteiger partial charge in [-0.3, -0.25) is 0 Å². The molecule has 0 heterocycles. The molecule has 0 radical (unpaired) electrons. The van der Waals surface area contributed by atoms with E-state index in [9.17, 15) is 5.11 Å². The Morgan fingerprint density at radius 3 is 2.88 bits per heavy atom. The number of likely N-dealkylation sites (N-methyl/N-ethyl adjacent to an activating group) is 1. The van der Waals surface area contributed by atoms with Gasteiger partial charge in [-0.05, 0) is 32.2 Å². The van der Waals surface area contributed by atoms with E-state index in [-0.39, 0.29) is 6.10 Å². The highest BCUT2D eigenvalue weighted by molar-refractivity contribution is 9.10. The van der Waals surface area contributed by atoms with Crippen LogP contribution in [0.4, 0.5) is 0 Å². The van der Waals surface area contributed by atoms with Crippen molar-refractivity contribution in [3.8, 4) is 5.75 Å². The topological polar surface area (TPSA) is 32.7 Å². The fourth-order valence-corrected chi connectivity index (χ4v) is 1.80. The molecule has 1 aromatic carbocycles. The summed E-state index contributed by atoms with van der Waals surface area (Å²) in [6.07, 6.45) is -0.295. The number of benzene rings is 1. The first-order valence-electron chi connectivity index (χ1n) is 5.33. The van der Waals surface area contributed by atoms with E-state index >= 15 is 0 Å². The van der Waals surface area contributed by atoms with Crippen molar-refractivity contribution in [1.29, 1.82) is 0 Å². The lowest BCUT2D eigenvalue weighted by Gasteiger charge is -2.18. The van der Waals surface area contributed by atoms with Gasteiger partial charge in [0.05, 0.1) is 6.10 Å². The normalized spacial score (nSPS) is 12.8. The highest BCUT2D eigenvalue weighted by Gasteiger charge is 2.02. The molecule has 1 atom stereocenters. The molecule has 0 aromatic heterocycles. The van der Waals surface area contributed by atoms with Gasteiger partial charge in [-0.15, -0.1) is 0 Å². The van der Waals surface area contributed by atoms with Crippen molar-refractivity contribution in [1.82, 2.24) is 4.90 Å². The van der Waals surface area contributed by atoms with Crippen LogP contribution in [0.5, 0.6) is 5.75 Å². The predicted molar refractivity (Wildman–Crippen MR) is 68.8 cm³/mol. The average Bonchev–Trinajstić information content (AvgIpc) is 2.16. The van der Waals surface area contributed by atoms with Crippen molar-refractivity contribution in [3.63, 3.8) is 0 Å². The standard InChI is InChI=1S/C12H18BrNO2/c1-10(15)9-14(2)6-7-16-12-5-3-4-11(13)8-12/h3-5,8,10,15H,6-7,9H2,1-2H3. The number of aliphatic hydroxyl groups is 1. The maximum absolute atomic E-state index is 9.19. The van der Waals surface area contributed by atoms with E-state index in [2.05, 4.69) is 15.9 Å². The van der Waals surface area contributed by atoms with Crippen LogP contribution < -0.4 is 4.74 Å². The first-order valence-corrected chi connectivity index (χ1v) is 6.12. The maximum atomic E-state index is 9.19. The van der Waals surface area contributed by atoms with Crippen LogP contribution >= 0.6 is 15.9 Å². The molecule has 16 heavy (non-hydrogen) atoms. The third-order valence-electron chi connectivity index (χ3n) is 2.11. The Kier molecular flexibility index (Phi) is 5.80. The zero-order valence-electron chi connectivity index (χ0n) is 9.69. The minimum Gasteiger partial charge on any atom is -0.492 e. The zero-order chi connectivity index (χ0) is 12.0. The Balaban J connectivity index is 2.25. The van der Waals surface area contributed by atoms with Crippen molar-refractivity contribution in [2.24, 2.45) is 0 Å². The minimum atomic E-state index is -0.295. The lowest BCUT2D eigenvalue weighted by molar-refractivity contribution is 0.131. The van der Waals surface area contributed by atoms with E-state index in [0.29, 0.717) is 13.2 Å². The van der Waals surface area contributed by atoms with Gasteiger partial charge >= 0.3 is 0 Å². The summed E-state index contributed by atoms with van der Waals surface area (Å²) < 4.78 is 6.60. The highest BCUT2D eigenvalue weighted by atomic mass is 79.9. The Hall–Kier alpha value is -0.580. The molecular weight excluding hydrogens is 270 g/mol. The lowest BCUT2D eigenvalue weighted by atomic mass is 10.3. The van der Waals surface area contributed by atoms with Crippen molar-refractivity contribution < 1.29 is 9.84 Å². The van der Waals surface area contributed by atoms with Crippen LogP contribution in [0.25, 0.3) is 0 Å². The SMILES string of the molecule is CC(O)CN(C)CCOc1cccc(Br)c1. The van der Waals surface area contributed by atoms with Gasteiger partial charge in [0, 0.05) is 17.6 Å². The molecule has 4 heteroatoms. The summed E-state index contributed by atoms with van der Waals surface area (Å²) in [6, 6.07) is 7.78. The smallest absolute Gasteiger partial charge is 0.120 e. The summed E-state index contributed by atoms with van der Waals surface area (Å²) in [5.74, 6) is 0.861. The Labute approximate surface area is 105 Å². The Morgan fingerprint density at radius 1 is 1.50 bits per heavy atom. The molecule has 1 unspecified atom stereocenters. The van der Waals surface area contributed by atoms with E-state index in [4.69, 9.17) is 4.74 Å². The molecule has 0 aliphatic heterocycles.